The number of piperidine rings is 1. The molecule has 0 aromatic carbocycles. The second-order valence-electron chi connectivity index (χ2n) is 3.56. The molecular formula is C15H23N3. The Morgan fingerprint density at radius 1 is 1.17 bits per heavy atom. The lowest BCUT2D eigenvalue weighted by molar-refractivity contribution is 0.573. The van der Waals surface area contributed by atoms with E-state index in [1.54, 1.807) is 6.20 Å². The van der Waals surface area contributed by atoms with Crippen molar-refractivity contribution in [3.63, 3.8) is 0 Å². The largest absolute Gasteiger partial charge is 0.357 e. The van der Waals surface area contributed by atoms with Gasteiger partial charge in [-0.2, -0.15) is 5.26 Å². The molecule has 98 valence electrons. The Morgan fingerprint density at radius 2 is 1.78 bits per heavy atom. The predicted octanol–water partition coefficient (Wildman–Crippen LogP) is 3.77. The summed E-state index contributed by atoms with van der Waals surface area (Å²) >= 11 is 0. The van der Waals surface area contributed by atoms with Crippen molar-refractivity contribution in [1.82, 2.24) is 4.98 Å². The fourth-order valence-electron chi connectivity index (χ4n) is 1.76. The van der Waals surface area contributed by atoms with Crippen molar-refractivity contribution in [2.75, 3.05) is 18.0 Å². The molecule has 0 atom stereocenters. The maximum atomic E-state index is 8.64. The van der Waals surface area contributed by atoms with Crippen molar-refractivity contribution >= 4 is 5.82 Å². The molecule has 1 aliphatic rings. The minimum Gasteiger partial charge on any atom is -0.357 e. The third-order valence-electron chi connectivity index (χ3n) is 2.56. The summed E-state index contributed by atoms with van der Waals surface area (Å²) in [7, 11) is 0. The van der Waals surface area contributed by atoms with E-state index in [-0.39, 0.29) is 0 Å². The summed E-state index contributed by atoms with van der Waals surface area (Å²) in [6.07, 6.45) is 5.47. The maximum Gasteiger partial charge on any atom is 0.128 e. The average Bonchev–Trinajstić information content (AvgIpc) is 2.52. The standard InChI is InChI=1S/C11H13N3.C2H6.C2H4/c12-8-10-4-5-11(13-9-10)14-6-2-1-3-7-14;2*1-2/h4-5,9H,1-3,6-7H2;1-2H3;1-2H2. The highest BCUT2D eigenvalue weighted by Crippen LogP contribution is 2.16. The molecule has 0 unspecified atom stereocenters. The van der Waals surface area contributed by atoms with Gasteiger partial charge in [0.05, 0.1) is 5.56 Å². The fourth-order valence-corrected chi connectivity index (χ4v) is 1.76. The molecule has 18 heavy (non-hydrogen) atoms. The molecule has 3 heteroatoms. The van der Waals surface area contributed by atoms with Gasteiger partial charge in [-0.15, -0.1) is 13.2 Å². The zero-order chi connectivity index (χ0) is 13.8. The quantitative estimate of drug-likeness (QED) is 0.707. The van der Waals surface area contributed by atoms with E-state index in [1.165, 1.54) is 19.3 Å². The summed E-state index contributed by atoms with van der Waals surface area (Å²) in [6.45, 7) is 12.2. The predicted molar refractivity (Wildman–Crippen MR) is 77.6 cm³/mol. The van der Waals surface area contributed by atoms with Gasteiger partial charge in [0.2, 0.25) is 0 Å². The highest BCUT2D eigenvalue weighted by Gasteiger charge is 2.11. The van der Waals surface area contributed by atoms with Gasteiger partial charge in [0.25, 0.3) is 0 Å². The molecule has 0 amide bonds. The Bertz CT molecular complexity index is 345. The van der Waals surface area contributed by atoms with E-state index in [0.717, 1.165) is 18.9 Å². The van der Waals surface area contributed by atoms with Gasteiger partial charge >= 0.3 is 0 Å². The van der Waals surface area contributed by atoms with Crippen LogP contribution in [0.5, 0.6) is 0 Å². The molecule has 0 aliphatic carbocycles. The highest BCUT2D eigenvalue weighted by molar-refractivity contribution is 5.41. The van der Waals surface area contributed by atoms with Gasteiger partial charge in [0.15, 0.2) is 0 Å². The number of hydrogen-bond acceptors (Lipinski definition) is 3. The molecule has 1 aromatic rings. The Kier molecular flexibility index (Phi) is 9.30. The first-order chi connectivity index (χ1) is 8.90. The highest BCUT2D eigenvalue weighted by atomic mass is 15.2. The molecule has 0 bridgehead atoms. The van der Waals surface area contributed by atoms with Crippen molar-refractivity contribution in [3.8, 4) is 6.07 Å². The molecule has 2 rings (SSSR count). The molecule has 1 aliphatic heterocycles. The number of pyridine rings is 1. The van der Waals surface area contributed by atoms with Gasteiger partial charge in [-0.05, 0) is 31.4 Å². The summed E-state index contributed by atoms with van der Waals surface area (Å²) < 4.78 is 0. The molecule has 0 spiro atoms. The van der Waals surface area contributed by atoms with Crippen LogP contribution in [0.1, 0.15) is 38.7 Å². The molecule has 0 radical (unpaired) electrons. The number of nitrogens with zero attached hydrogens (tertiary/aromatic N) is 3. The summed E-state index contributed by atoms with van der Waals surface area (Å²) in [4.78, 5) is 6.56. The van der Waals surface area contributed by atoms with Crippen LogP contribution >= 0.6 is 0 Å². The van der Waals surface area contributed by atoms with E-state index < -0.39 is 0 Å². The van der Waals surface area contributed by atoms with E-state index in [0.29, 0.717) is 5.56 Å². The molecule has 1 aromatic heterocycles. The van der Waals surface area contributed by atoms with Gasteiger partial charge in [0.1, 0.15) is 11.9 Å². The van der Waals surface area contributed by atoms with E-state index in [4.69, 9.17) is 5.26 Å². The van der Waals surface area contributed by atoms with E-state index in [1.807, 2.05) is 26.0 Å². The normalized spacial score (nSPS) is 13.3. The first-order valence-corrected chi connectivity index (χ1v) is 6.51. The molecule has 1 saturated heterocycles. The van der Waals surface area contributed by atoms with Crippen LogP contribution in [0.25, 0.3) is 0 Å². The Morgan fingerprint density at radius 3 is 2.22 bits per heavy atom. The van der Waals surface area contributed by atoms with Gasteiger partial charge in [-0.3, -0.25) is 0 Å². The summed E-state index contributed by atoms with van der Waals surface area (Å²) in [6, 6.07) is 5.84. The number of anilines is 1. The lowest BCUT2D eigenvalue weighted by atomic mass is 10.1. The number of rotatable bonds is 1. The van der Waals surface area contributed by atoms with E-state index in [9.17, 15) is 0 Å². The summed E-state index contributed by atoms with van der Waals surface area (Å²) in [5.74, 6) is 1.00. The minimum atomic E-state index is 0.630. The van der Waals surface area contributed by atoms with Gasteiger partial charge in [-0.1, -0.05) is 13.8 Å². The second kappa shape index (κ2) is 10.3. The van der Waals surface area contributed by atoms with Crippen molar-refractivity contribution in [3.05, 3.63) is 37.1 Å². The van der Waals surface area contributed by atoms with Crippen molar-refractivity contribution in [1.29, 1.82) is 5.26 Å². The SMILES string of the molecule is C=C.CC.N#Cc1ccc(N2CCCCC2)nc1. The first kappa shape index (κ1) is 16.2. The zero-order valence-electron chi connectivity index (χ0n) is 11.5. The molecular weight excluding hydrogens is 222 g/mol. The lowest BCUT2D eigenvalue weighted by Crippen LogP contribution is -2.29. The van der Waals surface area contributed by atoms with E-state index >= 15 is 0 Å². The van der Waals surface area contributed by atoms with Crippen LogP contribution in [0.2, 0.25) is 0 Å². The van der Waals surface area contributed by atoms with Crippen LogP contribution in [0.3, 0.4) is 0 Å². The molecule has 2 heterocycles. The number of nitriles is 1. The van der Waals surface area contributed by atoms with Crippen LogP contribution in [0.4, 0.5) is 5.82 Å². The topological polar surface area (TPSA) is 39.9 Å². The van der Waals surface area contributed by atoms with Crippen molar-refractivity contribution < 1.29 is 0 Å². The Labute approximate surface area is 111 Å². The lowest BCUT2D eigenvalue weighted by Gasteiger charge is -2.27. The first-order valence-electron chi connectivity index (χ1n) is 6.51. The summed E-state index contributed by atoms with van der Waals surface area (Å²) in [5.41, 5.74) is 0.630. The third-order valence-corrected chi connectivity index (χ3v) is 2.56. The third kappa shape index (κ3) is 5.01. The number of aromatic nitrogens is 1. The van der Waals surface area contributed by atoms with Gasteiger partial charge < -0.3 is 4.90 Å². The smallest absolute Gasteiger partial charge is 0.128 e. The Balaban J connectivity index is 0.000000659. The fraction of sp³-hybridized carbons (Fsp3) is 0.467. The van der Waals surface area contributed by atoms with Crippen LogP contribution in [0.15, 0.2) is 31.5 Å². The van der Waals surface area contributed by atoms with Crippen molar-refractivity contribution in [2.24, 2.45) is 0 Å². The number of hydrogen-bond donors (Lipinski definition) is 0. The average molecular weight is 245 g/mol. The van der Waals surface area contributed by atoms with Crippen LogP contribution < -0.4 is 4.90 Å². The van der Waals surface area contributed by atoms with Gasteiger partial charge in [-0.25, -0.2) is 4.98 Å². The van der Waals surface area contributed by atoms with Gasteiger partial charge in [0, 0.05) is 19.3 Å². The monoisotopic (exact) mass is 245 g/mol. The zero-order valence-corrected chi connectivity index (χ0v) is 11.5. The summed E-state index contributed by atoms with van der Waals surface area (Å²) in [5, 5.41) is 8.64. The van der Waals surface area contributed by atoms with Crippen LogP contribution in [0, 0.1) is 11.3 Å². The van der Waals surface area contributed by atoms with Crippen molar-refractivity contribution in [2.45, 2.75) is 33.1 Å². The van der Waals surface area contributed by atoms with E-state index in [2.05, 4.69) is 29.1 Å². The molecule has 0 saturated carbocycles. The minimum absolute atomic E-state index is 0.630. The molecule has 3 nitrogen and oxygen atoms in total. The molecule has 1 fully saturated rings. The van der Waals surface area contributed by atoms with Crippen LogP contribution in [-0.4, -0.2) is 18.1 Å². The van der Waals surface area contributed by atoms with Crippen LogP contribution in [-0.2, 0) is 0 Å². The molecule has 0 N–H and O–H groups in total. The Hall–Kier alpha value is -1.82. The second-order valence-corrected chi connectivity index (χ2v) is 3.56. The maximum absolute atomic E-state index is 8.64.